The zero-order valence-corrected chi connectivity index (χ0v) is 19.6. The number of hydrogen-bond acceptors (Lipinski definition) is 6. The van der Waals surface area contributed by atoms with Gasteiger partial charge in [-0.25, -0.2) is 4.98 Å². The maximum atomic E-state index is 5.58. The Morgan fingerprint density at radius 2 is 1.94 bits per heavy atom. The van der Waals surface area contributed by atoms with Crippen LogP contribution in [-0.2, 0) is 17.8 Å². The van der Waals surface area contributed by atoms with Crippen molar-refractivity contribution in [1.82, 2.24) is 29.0 Å². The Bertz CT molecular complexity index is 1080. The molecule has 0 amide bonds. The van der Waals surface area contributed by atoms with Crippen molar-refractivity contribution in [2.24, 2.45) is 5.92 Å². The lowest BCUT2D eigenvalue weighted by Gasteiger charge is -2.40. The molecule has 2 aliphatic heterocycles. The van der Waals surface area contributed by atoms with Gasteiger partial charge in [-0.2, -0.15) is 5.10 Å². The highest BCUT2D eigenvalue weighted by Crippen LogP contribution is 2.35. The van der Waals surface area contributed by atoms with Crippen LogP contribution < -0.4 is 4.90 Å². The van der Waals surface area contributed by atoms with Crippen LogP contribution in [0.5, 0.6) is 0 Å². The molecule has 0 bridgehead atoms. The van der Waals surface area contributed by atoms with E-state index in [1.54, 1.807) is 0 Å². The molecule has 1 aliphatic carbocycles. The summed E-state index contributed by atoms with van der Waals surface area (Å²) in [7, 11) is 0. The van der Waals surface area contributed by atoms with Crippen LogP contribution in [0.15, 0.2) is 36.8 Å². The molecule has 1 atom stereocenters. The van der Waals surface area contributed by atoms with Crippen LogP contribution in [0.3, 0.4) is 0 Å². The van der Waals surface area contributed by atoms with Gasteiger partial charge in [0, 0.05) is 70.3 Å². The summed E-state index contributed by atoms with van der Waals surface area (Å²) in [4.78, 5) is 12.8. The smallest absolute Gasteiger partial charge is 0.138 e. The van der Waals surface area contributed by atoms with E-state index in [4.69, 9.17) is 9.72 Å². The van der Waals surface area contributed by atoms with Gasteiger partial charge in [-0.05, 0) is 37.8 Å². The zero-order chi connectivity index (χ0) is 22.2. The Morgan fingerprint density at radius 1 is 1.06 bits per heavy atom. The van der Waals surface area contributed by atoms with Crippen molar-refractivity contribution in [3.63, 3.8) is 0 Å². The lowest BCUT2D eigenvalue weighted by atomic mass is 10.1. The molecule has 0 unspecified atom stereocenters. The minimum atomic E-state index is 0.331. The Hall–Kier alpha value is -2.42. The molecule has 3 aromatic rings. The molecule has 1 saturated carbocycles. The fourth-order valence-electron chi connectivity index (χ4n) is 5.30. The first kappa shape index (κ1) is 21.1. The average Bonchev–Trinajstić information content (AvgIpc) is 3.37. The number of ether oxygens (including phenoxy) is 1. The number of fused-ring (bicyclic) bond motifs is 1. The molecule has 0 radical (unpaired) electrons. The second-order valence-electron chi connectivity index (χ2n) is 9.77. The topological polar surface area (TPSA) is 54.1 Å². The largest absolute Gasteiger partial charge is 0.378 e. The van der Waals surface area contributed by atoms with Gasteiger partial charge in [0.2, 0.25) is 0 Å². The molecular formula is C25H35N7O. The molecule has 33 heavy (non-hydrogen) atoms. The van der Waals surface area contributed by atoms with Crippen molar-refractivity contribution in [3.05, 3.63) is 48.0 Å². The van der Waals surface area contributed by atoms with Gasteiger partial charge in [0.1, 0.15) is 11.5 Å². The number of rotatable bonds is 7. The Labute approximate surface area is 195 Å². The predicted octanol–water partition coefficient (Wildman–Crippen LogP) is 2.66. The number of imidazole rings is 1. The third-order valence-electron chi connectivity index (χ3n) is 7.35. The zero-order valence-electron chi connectivity index (χ0n) is 19.6. The number of aromatic nitrogens is 4. The van der Waals surface area contributed by atoms with Crippen molar-refractivity contribution in [2.45, 2.75) is 38.9 Å². The van der Waals surface area contributed by atoms with Gasteiger partial charge in [0.15, 0.2) is 0 Å². The predicted molar refractivity (Wildman–Crippen MR) is 128 cm³/mol. The Balaban J connectivity index is 1.27. The highest BCUT2D eigenvalue weighted by atomic mass is 16.5. The minimum Gasteiger partial charge on any atom is -0.378 e. The van der Waals surface area contributed by atoms with Gasteiger partial charge >= 0.3 is 0 Å². The third-order valence-corrected chi connectivity index (χ3v) is 7.35. The quantitative estimate of drug-likeness (QED) is 0.553. The molecule has 3 aliphatic rings. The van der Waals surface area contributed by atoms with Crippen molar-refractivity contribution in [1.29, 1.82) is 0 Å². The van der Waals surface area contributed by atoms with Crippen LogP contribution in [0.1, 0.15) is 37.1 Å². The summed E-state index contributed by atoms with van der Waals surface area (Å²) in [5, 5.41) is 4.47. The SMILES string of the molecule is CCn1cc(CN2CCN(CC3CC3)[C@H](c3cn4c(N5CCOCC5)cccc4n3)C2)cn1. The minimum absolute atomic E-state index is 0.331. The first-order chi connectivity index (χ1) is 16.3. The maximum Gasteiger partial charge on any atom is 0.138 e. The second kappa shape index (κ2) is 9.08. The fraction of sp³-hybridized carbons (Fsp3) is 0.600. The number of morpholine rings is 1. The first-order valence-electron chi connectivity index (χ1n) is 12.6. The summed E-state index contributed by atoms with van der Waals surface area (Å²) in [5.41, 5.74) is 3.54. The number of pyridine rings is 1. The highest BCUT2D eigenvalue weighted by molar-refractivity contribution is 5.53. The summed E-state index contributed by atoms with van der Waals surface area (Å²) in [6, 6.07) is 6.82. The normalized spacial score (nSPS) is 22.9. The van der Waals surface area contributed by atoms with E-state index >= 15 is 0 Å². The van der Waals surface area contributed by atoms with E-state index in [1.165, 1.54) is 36.5 Å². The van der Waals surface area contributed by atoms with E-state index in [9.17, 15) is 0 Å². The molecule has 176 valence electrons. The summed E-state index contributed by atoms with van der Waals surface area (Å²) >= 11 is 0. The van der Waals surface area contributed by atoms with E-state index < -0.39 is 0 Å². The lowest BCUT2D eigenvalue weighted by molar-refractivity contribution is 0.0640. The number of hydrogen-bond donors (Lipinski definition) is 0. The van der Waals surface area contributed by atoms with Gasteiger partial charge in [0.05, 0.1) is 31.1 Å². The fourth-order valence-corrected chi connectivity index (χ4v) is 5.30. The molecule has 5 heterocycles. The van der Waals surface area contributed by atoms with Crippen molar-refractivity contribution < 1.29 is 4.74 Å². The summed E-state index contributed by atoms with van der Waals surface area (Å²) in [5.74, 6) is 2.10. The van der Waals surface area contributed by atoms with Crippen LogP contribution in [0.2, 0.25) is 0 Å². The molecule has 2 saturated heterocycles. The number of aryl methyl sites for hydroxylation is 1. The van der Waals surface area contributed by atoms with Gasteiger partial charge in [0.25, 0.3) is 0 Å². The van der Waals surface area contributed by atoms with E-state index in [0.717, 1.165) is 70.6 Å². The molecule has 0 spiro atoms. The van der Waals surface area contributed by atoms with Crippen LogP contribution in [0.25, 0.3) is 5.65 Å². The van der Waals surface area contributed by atoms with Crippen LogP contribution >= 0.6 is 0 Å². The molecule has 0 aromatic carbocycles. The summed E-state index contributed by atoms with van der Waals surface area (Å²) in [6.07, 6.45) is 9.27. The lowest BCUT2D eigenvalue weighted by Crippen LogP contribution is -2.48. The van der Waals surface area contributed by atoms with Gasteiger partial charge in [-0.1, -0.05) is 6.07 Å². The first-order valence-corrected chi connectivity index (χ1v) is 12.6. The third kappa shape index (κ3) is 4.52. The monoisotopic (exact) mass is 449 g/mol. The van der Waals surface area contributed by atoms with E-state index in [-0.39, 0.29) is 0 Å². The van der Waals surface area contributed by atoms with Crippen molar-refractivity contribution in [2.75, 3.05) is 57.4 Å². The Morgan fingerprint density at radius 3 is 2.73 bits per heavy atom. The summed E-state index contributed by atoms with van der Waals surface area (Å²) in [6.45, 7) is 11.9. The molecule has 8 heteroatoms. The maximum absolute atomic E-state index is 5.58. The van der Waals surface area contributed by atoms with Gasteiger partial charge in [-0.15, -0.1) is 0 Å². The molecule has 3 fully saturated rings. The molecule has 0 N–H and O–H groups in total. The molecule has 3 aromatic heterocycles. The van der Waals surface area contributed by atoms with Crippen LogP contribution in [0.4, 0.5) is 5.82 Å². The highest BCUT2D eigenvalue weighted by Gasteiger charge is 2.34. The number of nitrogens with zero attached hydrogens (tertiary/aromatic N) is 7. The number of anilines is 1. The summed E-state index contributed by atoms with van der Waals surface area (Å²) < 4.78 is 9.89. The standard InChI is InChI=1S/C25H35N7O/c1-2-31-17-21(14-26-31)15-28-8-9-30(16-20-6-7-20)23(19-28)22-18-32-24(27-22)4-3-5-25(32)29-10-12-33-13-11-29/h3-5,14,17-18,20,23H,2,6-13,15-16,19H2,1H3/t23-/m0/s1. The second-order valence-corrected chi connectivity index (χ2v) is 9.77. The van der Waals surface area contributed by atoms with Crippen LogP contribution in [0, 0.1) is 5.92 Å². The number of piperazine rings is 1. The van der Waals surface area contributed by atoms with E-state index in [2.05, 4.69) is 61.7 Å². The van der Waals surface area contributed by atoms with Gasteiger partial charge in [-0.3, -0.25) is 18.9 Å². The average molecular weight is 450 g/mol. The molecule has 6 rings (SSSR count). The molecular weight excluding hydrogens is 414 g/mol. The van der Waals surface area contributed by atoms with Gasteiger partial charge < -0.3 is 9.64 Å². The van der Waals surface area contributed by atoms with Crippen molar-refractivity contribution >= 4 is 11.5 Å². The van der Waals surface area contributed by atoms with E-state index in [1.807, 2.05) is 10.9 Å². The van der Waals surface area contributed by atoms with Crippen LogP contribution in [-0.4, -0.2) is 81.4 Å². The Kier molecular flexibility index (Phi) is 5.82. The molecule has 8 nitrogen and oxygen atoms in total. The van der Waals surface area contributed by atoms with Crippen molar-refractivity contribution in [3.8, 4) is 0 Å². The van der Waals surface area contributed by atoms with E-state index in [0.29, 0.717) is 6.04 Å².